The fraction of sp³-hybridized carbons (Fsp3) is 0.417. The van der Waals surface area contributed by atoms with E-state index in [1.165, 1.54) is 0 Å². The SMILES string of the molecule is Cc1cccc(NC(=O)C[NH+](C)[C@H](C)C(=O)Nc2c(C)cccc2C(C)C)c1C. The molecule has 2 aromatic carbocycles. The molecule has 3 N–H and O–H groups in total. The fourth-order valence-corrected chi connectivity index (χ4v) is 3.28. The Labute approximate surface area is 174 Å². The minimum atomic E-state index is -0.362. The number of quaternary nitrogens is 1. The molecule has 1 unspecified atom stereocenters. The Kier molecular flexibility index (Phi) is 7.57. The smallest absolute Gasteiger partial charge is 0.282 e. The number of nitrogens with one attached hydrogen (secondary N) is 3. The van der Waals surface area contributed by atoms with E-state index in [1.807, 2.05) is 71.1 Å². The van der Waals surface area contributed by atoms with Gasteiger partial charge in [-0.25, -0.2) is 0 Å². The van der Waals surface area contributed by atoms with Crippen LogP contribution in [0.1, 0.15) is 48.9 Å². The van der Waals surface area contributed by atoms with Crippen molar-refractivity contribution in [2.45, 2.75) is 53.5 Å². The van der Waals surface area contributed by atoms with Crippen LogP contribution in [0.3, 0.4) is 0 Å². The summed E-state index contributed by atoms with van der Waals surface area (Å²) >= 11 is 0. The van der Waals surface area contributed by atoms with E-state index in [4.69, 9.17) is 0 Å². The molecular formula is C24H34N3O2+. The fourth-order valence-electron chi connectivity index (χ4n) is 3.28. The van der Waals surface area contributed by atoms with Crippen LogP contribution < -0.4 is 15.5 Å². The second kappa shape index (κ2) is 9.70. The van der Waals surface area contributed by atoms with Crippen molar-refractivity contribution in [3.63, 3.8) is 0 Å². The molecule has 0 aliphatic rings. The number of anilines is 2. The Morgan fingerprint density at radius 1 is 0.931 bits per heavy atom. The molecule has 0 aliphatic heterocycles. The average molecular weight is 397 g/mol. The van der Waals surface area contributed by atoms with Gasteiger partial charge in [0.15, 0.2) is 12.6 Å². The van der Waals surface area contributed by atoms with Crippen LogP contribution in [0.15, 0.2) is 36.4 Å². The molecule has 156 valence electrons. The van der Waals surface area contributed by atoms with Crippen molar-refractivity contribution < 1.29 is 14.5 Å². The van der Waals surface area contributed by atoms with Gasteiger partial charge in [-0.1, -0.05) is 44.2 Å². The van der Waals surface area contributed by atoms with Gasteiger partial charge in [-0.2, -0.15) is 0 Å². The normalized spacial score (nSPS) is 13.1. The first-order valence-corrected chi connectivity index (χ1v) is 10.2. The van der Waals surface area contributed by atoms with Crippen LogP contribution in [0, 0.1) is 20.8 Å². The van der Waals surface area contributed by atoms with E-state index in [-0.39, 0.29) is 24.4 Å². The van der Waals surface area contributed by atoms with Gasteiger partial charge in [-0.15, -0.1) is 0 Å². The molecular weight excluding hydrogens is 362 g/mol. The lowest BCUT2D eigenvalue weighted by molar-refractivity contribution is -0.885. The van der Waals surface area contributed by atoms with Crippen molar-refractivity contribution in [2.24, 2.45) is 0 Å². The summed E-state index contributed by atoms with van der Waals surface area (Å²) in [6.07, 6.45) is 0. The van der Waals surface area contributed by atoms with Crippen LogP contribution in [0.2, 0.25) is 0 Å². The largest absolute Gasteiger partial charge is 0.321 e. The van der Waals surface area contributed by atoms with Crippen LogP contribution in [-0.2, 0) is 9.59 Å². The highest BCUT2D eigenvalue weighted by Crippen LogP contribution is 2.27. The zero-order valence-corrected chi connectivity index (χ0v) is 18.6. The van der Waals surface area contributed by atoms with Gasteiger partial charge in [0.2, 0.25) is 0 Å². The van der Waals surface area contributed by atoms with Crippen molar-refractivity contribution >= 4 is 23.2 Å². The van der Waals surface area contributed by atoms with Crippen LogP contribution in [0.4, 0.5) is 11.4 Å². The summed E-state index contributed by atoms with van der Waals surface area (Å²) in [6, 6.07) is 11.5. The van der Waals surface area contributed by atoms with Gasteiger partial charge < -0.3 is 15.5 Å². The maximum atomic E-state index is 12.9. The molecule has 5 heteroatoms. The number of hydrogen-bond acceptors (Lipinski definition) is 2. The number of rotatable bonds is 7. The number of para-hydroxylation sites is 1. The molecule has 2 rings (SSSR count). The first-order valence-electron chi connectivity index (χ1n) is 10.2. The molecule has 0 aromatic heterocycles. The molecule has 0 radical (unpaired) electrons. The molecule has 0 aliphatic carbocycles. The van der Waals surface area contributed by atoms with Gasteiger partial charge in [0, 0.05) is 11.4 Å². The van der Waals surface area contributed by atoms with Crippen molar-refractivity contribution in [3.05, 3.63) is 58.7 Å². The maximum Gasteiger partial charge on any atom is 0.282 e. The van der Waals surface area contributed by atoms with Crippen LogP contribution in [0.5, 0.6) is 0 Å². The second-order valence-corrected chi connectivity index (χ2v) is 8.22. The van der Waals surface area contributed by atoms with E-state index >= 15 is 0 Å². The summed E-state index contributed by atoms with van der Waals surface area (Å²) < 4.78 is 0. The summed E-state index contributed by atoms with van der Waals surface area (Å²) in [5.41, 5.74) is 6.06. The first-order chi connectivity index (χ1) is 13.6. The third-order valence-corrected chi connectivity index (χ3v) is 5.63. The summed E-state index contributed by atoms with van der Waals surface area (Å²) in [5.74, 6) is 0.127. The predicted octanol–water partition coefficient (Wildman–Crippen LogP) is 3.22. The quantitative estimate of drug-likeness (QED) is 0.673. The van der Waals surface area contributed by atoms with Gasteiger partial charge in [0.05, 0.1) is 7.05 Å². The molecule has 5 nitrogen and oxygen atoms in total. The van der Waals surface area contributed by atoms with Crippen LogP contribution in [0.25, 0.3) is 0 Å². The minimum absolute atomic E-state index is 0.0850. The first kappa shape index (κ1) is 22.6. The van der Waals surface area contributed by atoms with Crippen molar-refractivity contribution in [1.82, 2.24) is 0 Å². The lowest BCUT2D eigenvalue weighted by atomic mass is 9.98. The van der Waals surface area contributed by atoms with Gasteiger partial charge in [-0.3, -0.25) is 9.59 Å². The number of amides is 2. The van der Waals surface area contributed by atoms with Crippen LogP contribution in [-0.4, -0.2) is 31.4 Å². The van der Waals surface area contributed by atoms with Crippen molar-refractivity contribution in [1.29, 1.82) is 0 Å². The number of aryl methyl sites for hydroxylation is 2. The molecule has 2 aromatic rings. The molecule has 0 fully saturated rings. The van der Waals surface area contributed by atoms with Gasteiger partial charge >= 0.3 is 0 Å². The molecule has 0 bridgehead atoms. The summed E-state index contributed by atoms with van der Waals surface area (Å²) in [6.45, 7) is 12.3. The third kappa shape index (κ3) is 5.67. The molecule has 29 heavy (non-hydrogen) atoms. The molecule has 0 heterocycles. The van der Waals surface area contributed by atoms with E-state index < -0.39 is 0 Å². The molecule has 2 amide bonds. The lowest BCUT2D eigenvalue weighted by Gasteiger charge is -2.23. The highest BCUT2D eigenvalue weighted by molar-refractivity contribution is 5.96. The Bertz CT molecular complexity index is 890. The Morgan fingerprint density at radius 3 is 2.21 bits per heavy atom. The molecule has 0 saturated heterocycles. The highest BCUT2D eigenvalue weighted by atomic mass is 16.2. The summed E-state index contributed by atoms with van der Waals surface area (Å²) in [7, 11) is 1.87. The van der Waals surface area contributed by atoms with Crippen LogP contribution >= 0.6 is 0 Å². The van der Waals surface area contributed by atoms with Crippen molar-refractivity contribution in [3.8, 4) is 0 Å². The monoisotopic (exact) mass is 396 g/mol. The lowest BCUT2D eigenvalue weighted by Crippen LogP contribution is -3.14. The predicted molar refractivity (Wildman–Crippen MR) is 120 cm³/mol. The summed E-state index contributed by atoms with van der Waals surface area (Å²) in [5, 5.41) is 6.06. The average Bonchev–Trinajstić information content (AvgIpc) is 2.66. The van der Waals surface area contributed by atoms with E-state index in [2.05, 4.69) is 24.5 Å². The third-order valence-electron chi connectivity index (χ3n) is 5.63. The topological polar surface area (TPSA) is 62.6 Å². The van der Waals surface area contributed by atoms with E-state index in [9.17, 15) is 9.59 Å². The van der Waals surface area contributed by atoms with Gasteiger partial charge in [-0.05, 0) is 61.9 Å². The number of carbonyl (C=O) groups is 2. The van der Waals surface area contributed by atoms with E-state index in [0.29, 0.717) is 5.92 Å². The Morgan fingerprint density at radius 2 is 1.55 bits per heavy atom. The zero-order valence-electron chi connectivity index (χ0n) is 18.6. The van der Waals surface area contributed by atoms with Gasteiger partial charge in [0.1, 0.15) is 0 Å². The standard InChI is InChI=1S/C24H33N3O2/c1-15(2)20-12-8-11-17(4)23(20)26-24(29)19(6)27(7)14-22(28)25-21-13-9-10-16(3)18(21)5/h8-13,15,19H,14H2,1-7H3,(H,25,28)(H,26,29)/p+1/t19-/m1/s1. The van der Waals surface area contributed by atoms with Crippen molar-refractivity contribution in [2.75, 3.05) is 24.2 Å². The number of hydrogen-bond donors (Lipinski definition) is 3. The van der Waals surface area contributed by atoms with E-state index in [0.717, 1.165) is 38.5 Å². The molecule has 0 saturated carbocycles. The maximum absolute atomic E-state index is 12.9. The Hall–Kier alpha value is -2.66. The second-order valence-electron chi connectivity index (χ2n) is 8.22. The minimum Gasteiger partial charge on any atom is -0.321 e. The number of benzene rings is 2. The highest BCUT2D eigenvalue weighted by Gasteiger charge is 2.25. The van der Waals surface area contributed by atoms with E-state index in [1.54, 1.807) is 0 Å². The summed E-state index contributed by atoms with van der Waals surface area (Å²) in [4.78, 5) is 26.2. The molecule has 0 spiro atoms. The number of likely N-dealkylation sites (N-methyl/N-ethyl adjacent to an activating group) is 1. The Balaban J connectivity index is 2.03. The van der Waals surface area contributed by atoms with Gasteiger partial charge in [0.25, 0.3) is 11.8 Å². The zero-order chi connectivity index (χ0) is 21.7. The number of carbonyl (C=O) groups excluding carboxylic acids is 2. The molecule has 2 atom stereocenters.